The van der Waals surface area contributed by atoms with E-state index in [1.54, 1.807) is 6.20 Å². The number of sulfone groups is 1. The van der Waals surface area contributed by atoms with Crippen LogP contribution in [0.25, 0.3) is 0 Å². The third-order valence-corrected chi connectivity index (χ3v) is 7.31. The van der Waals surface area contributed by atoms with Crippen molar-refractivity contribution in [1.82, 2.24) is 13.9 Å². The summed E-state index contributed by atoms with van der Waals surface area (Å²) in [5.41, 5.74) is 5.85. The molecular weight excluding hydrogens is 310 g/mol. The highest BCUT2D eigenvalue weighted by Crippen LogP contribution is 2.43. The number of nitrogens with two attached hydrogens (primary N) is 1. The van der Waals surface area contributed by atoms with Crippen molar-refractivity contribution in [3.05, 3.63) is 18.2 Å². The molecule has 0 unspecified atom stereocenters. The molecule has 9 heteroatoms. The molecule has 7 nitrogen and oxygen atoms in total. The molecular formula is C12H15N5O2S2. The van der Waals surface area contributed by atoms with E-state index in [2.05, 4.69) is 13.9 Å². The fraction of sp³-hybridized carbons (Fsp3) is 0.500. The SMILES string of the molecule is Nc1nsc(N2CCn3ccnc3C2)c1S(=O)(=O)C1CC1. The minimum atomic E-state index is -3.34. The maximum absolute atomic E-state index is 12.6. The third-order valence-electron chi connectivity index (χ3n) is 3.94. The molecule has 2 aliphatic rings. The Balaban J connectivity index is 1.74. The zero-order valence-corrected chi connectivity index (χ0v) is 12.9. The van der Waals surface area contributed by atoms with Crippen molar-refractivity contribution in [3.8, 4) is 0 Å². The van der Waals surface area contributed by atoms with Gasteiger partial charge in [0, 0.05) is 25.5 Å². The van der Waals surface area contributed by atoms with Crippen molar-refractivity contribution >= 4 is 32.2 Å². The summed E-state index contributed by atoms with van der Waals surface area (Å²) in [5.74, 6) is 1.07. The van der Waals surface area contributed by atoms with Gasteiger partial charge in [-0.25, -0.2) is 13.4 Å². The van der Waals surface area contributed by atoms with Crippen LogP contribution in [0.5, 0.6) is 0 Å². The van der Waals surface area contributed by atoms with Gasteiger partial charge in [-0.05, 0) is 24.4 Å². The number of hydrogen-bond donors (Lipinski definition) is 1. The van der Waals surface area contributed by atoms with E-state index in [9.17, 15) is 8.42 Å². The molecule has 3 heterocycles. The van der Waals surface area contributed by atoms with Gasteiger partial charge in [0.1, 0.15) is 15.7 Å². The highest BCUT2D eigenvalue weighted by Gasteiger charge is 2.41. The molecule has 1 saturated carbocycles. The van der Waals surface area contributed by atoms with Gasteiger partial charge in [0.05, 0.1) is 11.8 Å². The molecule has 0 spiro atoms. The molecule has 2 aromatic heterocycles. The van der Waals surface area contributed by atoms with Crippen LogP contribution in [0.4, 0.5) is 10.8 Å². The Kier molecular flexibility index (Phi) is 2.77. The van der Waals surface area contributed by atoms with Gasteiger partial charge in [-0.3, -0.25) is 0 Å². The molecule has 4 rings (SSSR count). The summed E-state index contributed by atoms with van der Waals surface area (Å²) in [6, 6.07) is 0. The van der Waals surface area contributed by atoms with Gasteiger partial charge < -0.3 is 15.2 Å². The summed E-state index contributed by atoms with van der Waals surface area (Å²) in [7, 11) is -3.34. The quantitative estimate of drug-likeness (QED) is 0.900. The number of nitrogens with zero attached hydrogens (tertiary/aromatic N) is 4. The maximum atomic E-state index is 12.6. The molecule has 0 atom stereocenters. The summed E-state index contributed by atoms with van der Waals surface area (Å²) in [5, 5.41) is 0.385. The molecule has 2 N–H and O–H groups in total. The van der Waals surface area contributed by atoms with Crippen LogP contribution >= 0.6 is 11.5 Å². The largest absolute Gasteiger partial charge is 0.382 e. The van der Waals surface area contributed by atoms with Crippen LogP contribution in [0, 0.1) is 0 Å². The Morgan fingerprint density at radius 1 is 1.33 bits per heavy atom. The second-order valence-corrected chi connectivity index (χ2v) is 8.32. The van der Waals surface area contributed by atoms with E-state index in [1.165, 1.54) is 11.5 Å². The molecule has 0 amide bonds. The summed E-state index contributed by atoms with van der Waals surface area (Å²) in [6.07, 6.45) is 5.15. The number of imidazole rings is 1. The van der Waals surface area contributed by atoms with Crippen LogP contribution in [-0.2, 0) is 22.9 Å². The first-order valence-electron chi connectivity index (χ1n) is 6.81. The van der Waals surface area contributed by atoms with Crippen LogP contribution in [0.3, 0.4) is 0 Å². The zero-order chi connectivity index (χ0) is 14.6. The van der Waals surface area contributed by atoms with Crippen LogP contribution in [0.2, 0.25) is 0 Å². The number of nitrogen functional groups attached to an aromatic ring is 1. The van der Waals surface area contributed by atoms with Crippen molar-refractivity contribution in [3.63, 3.8) is 0 Å². The standard InChI is InChI=1S/C12H15N5O2S2/c13-11-10(21(18,19)8-1-2-8)12(20-15-11)17-6-5-16-4-3-14-9(16)7-17/h3-4,8H,1-2,5-7H2,(H2,13,15). The number of anilines is 2. The van der Waals surface area contributed by atoms with E-state index < -0.39 is 9.84 Å². The van der Waals surface area contributed by atoms with Gasteiger partial charge in [0.2, 0.25) is 0 Å². The first-order chi connectivity index (χ1) is 10.1. The lowest BCUT2D eigenvalue weighted by Crippen LogP contribution is -2.34. The monoisotopic (exact) mass is 325 g/mol. The summed E-state index contributed by atoms with van der Waals surface area (Å²) in [6.45, 7) is 2.11. The molecule has 1 fully saturated rings. The fourth-order valence-electron chi connectivity index (χ4n) is 2.65. The molecule has 0 bridgehead atoms. The normalized spacial score (nSPS) is 18.8. The second kappa shape index (κ2) is 4.44. The molecule has 1 aliphatic heterocycles. The molecule has 0 saturated heterocycles. The van der Waals surface area contributed by atoms with Crippen LogP contribution in [-0.4, -0.2) is 34.1 Å². The Labute approximate surface area is 126 Å². The van der Waals surface area contributed by atoms with Crippen molar-refractivity contribution in [2.45, 2.75) is 36.1 Å². The second-order valence-electron chi connectivity index (χ2n) is 5.40. The number of aromatic nitrogens is 3. The van der Waals surface area contributed by atoms with Crippen molar-refractivity contribution in [1.29, 1.82) is 0 Å². The van der Waals surface area contributed by atoms with Gasteiger partial charge in [-0.1, -0.05) is 0 Å². The smallest absolute Gasteiger partial charge is 0.187 e. The minimum Gasteiger partial charge on any atom is -0.382 e. The van der Waals surface area contributed by atoms with Gasteiger partial charge in [0.25, 0.3) is 0 Å². The number of fused-ring (bicyclic) bond motifs is 1. The topological polar surface area (TPSA) is 94.1 Å². The first kappa shape index (κ1) is 13.1. The Bertz CT molecular complexity index is 790. The van der Waals surface area contributed by atoms with E-state index in [4.69, 9.17) is 5.73 Å². The zero-order valence-electron chi connectivity index (χ0n) is 11.3. The van der Waals surface area contributed by atoms with Crippen molar-refractivity contribution in [2.75, 3.05) is 17.2 Å². The lowest BCUT2D eigenvalue weighted by atomic mass is 10.3. The van der Waals surface area contributed by atoms with Gasteiger partial charge in [-0.15, -0.1) is 0 Å². The summed E-state index contributed by atoms with van der Waals surface area (Å²) < 4.78 is 31.3. The minimum absolute atomic E-state index is 0.135. The first-order valence-corrected chi connectivity index (χ1v) is 9.13. The molecule has 0 aromatic carbocycles. The van der Waals surface area contributed by atoms with Gasteiger partial charge in [-0.2, -0.15) is 4.37 Å². The predicted octanol–water partition coefficient (Wildman–Crippen LogP) is 0.878. The molecule has 1 aliphatic carbocycles. The highest BCUT2D eigenvalue weighted by molar-refractivity contribution is 7.92. The number of hydrogen-bond acceptors (Lipinski definition) is 7. The third kappa shape index (κ3) is 2.03. The lowest BCUT2D eigenvalue weighted by molar-refractivity contribution is 0.558. The Hall–Kier alpha value is -1.61. The maximum Gasteiger partial charge on any atom is 0.187 e. The Morgan fingerprint density at radius 2 is 2.14 bits per heavy atom. The summed E-state index contributed by atoms with van der Waals surface area (Å²) in [4.78, 5) is 6.55. The van der Waals surface area contributed by atoms with E-state index in [1.807, 2.05) is 11.1 Å². The van der Waals surface area contributed by atoms with Gasteiger partial charge >= 0.3 is 0 Å². The van der Waals surface area contributed by atoms with E-state index in [0.29, 0.717) is 11.5 Å². The van der Waals surface area contributed by atoms with Crippen LogP contribution < -0.4 is 10.6 Å². The lowest BCUT2D eigenvalue weighted by Gasteiger charge is -2.28. The van der Waals surface area contributed by atoms with Crippen LogP contribution in [0.1, 0.15) is 18.7 Å². The van der Waals surface area contributed by atoms with E-state index in [-0.39, 0.29) is 16.0 Å². The van der Waals surface area contributed by atoms with Crippen LogP contribution in [0.15, 0.2) is 17.3 Å². The molecule has 112 valence electrons. The average Bonchev–Trinajstić information content (AvgIpc) is 3.10. The fourth-order valence-corrected chi connectivity index (χ4v) is 5.70. The predicted molar refractivity (Wildman–Crippen MR) is 80.0 cm³/mol. The highest BCUT2D eigenvalue weighted by atomic mass is 32.2. The molecule has 2 aromatic rings. The van der Waals surface area contributed by atoms with Crippen molar-refractivity contribution in [2.24, 2.45) is 0 Å². The Morgan fingerprint density at radius 3 is 2.90 bits per heavy atom. The molecule has 21 heavy (non-hydrogen) atoms. The average molecular weight is 325 g/mol. The van der Waals surface area contributed by atoms with Gasteiger partial charge in [0.15, 0.2) is 15.7 Å². The van der Waals surface area contributed by atoms with E-state index >= 15 is 0 Å². The van der Waals surface area contributed by atoms with E-state index in [0.717, 1.165) is 31.8 Å². The molecule has 0 radical (unpaired) electrons. The van der Waals surface area contributed by atoms with Crippen molar-refractivity contribution < 1.29 is 8.42 Å². The number of rotatable bonds is 3. The summed E-state index contributed by atoms with van der Waals surface area (Å²) >= 11 is 1.17.